The van der Waals surface area contributed by atoms with E-state index < -0.39 is 17.7 Å². The molecule has 1 aromatic carbocycles. The zero-order valence-electron chi connectivity index (χ0n) is 17.6. The molecule has 7 nitrogen and oxygen atoms in total. The van der Waals surface area contributed by atoms with Crippen molar-refractivity contribution in [3.63, 3.8) is 0 Å². The lowest BCUT2D eigenvalue weighted by Crippen LogP contribution is -2.30. The largest absolute Gasteiger partial charge is 0.479 e. The first kappa shape index (κ1) is 24.2. The summed E-state index contributed by atoms with van der Waals surface area (Å²) in [5.41, 5.74) is 1.72. The number of benzene rings is 1. The van der Waals surface area contributed by atoms with E-state index in [1.165, 1.54) is 7.11 Å². The van der Waals surface area contributed by atoms with Crippen LogP contribution in [0.4, 0.5) is 0 Å². The monoisotopic (exact) mass is 522 g/mol. The molecule has 0 aliphatic heterocycles. The Labute approximate surface area is 198 Å². The summed E-state index contributed by atoms with van der Waals surface area (Å²) in [5, 5.41) is 10.7. The van der Waals surface area contributed by atoms with Crippen LogP contribution in [-0.2, 0) is 25.6 Å². The number of hydrogen-bond acceptors (Lipinski definition) is 8. The third kappa shape index (κ3) is 5.86. The Morgan fingerprint density at radius 3 is 2.62 bits per heavy atom. The van der Waals surface area contributed by atoms with E-state index in [1.807, 2.05) is 36.4 Å². The van der Waals surface area contributed by atoms with Crippen LogP contribution < -0.4 is 4.74 Å². The van der Waals surface area contributed by atoms with Gasteiger partial charge in [0.25, 0.3) is 0 Å². The number of thiophene rings is 1. The van der Waals surface area contributed by atoms with Gasteiger partial charge in [-0.1, -0.05) is 42.5 Å². The van der Waals surface area contributed by atoms with Crippen molar-refractivity contribution in [1.82, 2.24) is 0 Å². The maximum absolute atomic E-state index is 12.2. The number of esters is 2. The van der Waals surface area contributed by atoms with Crippen molar-refractivity contribution in [3.05, 3.63) is 68.4 Å². The number of aliphatic hydroxyl groups is 1. The molecule has 0 fully saturated rings. The van der Waals surface area contributed by atoms with Gasteiger partial charge in [0.2, 0.25) is 0 Å². The number of rotatable bonds is 9. The van der Waals surface area contributed by atoms with E-state index in [0.29, 0.717) is 9.35 Å². The molecule has 0 saturated heterocycles. The van der Waals surface area contributed by atoms with Gasteiger partial charge in [-0.05, 0) is 40.1 Å². The quantitative estimate of drug-likeness (QED) is 0.383. The summed E-state index contributed by atoms with van der Waals surface area (Å²) in [4.78, 5) is 24.8. The Hall–Kier alpha value is -2.46. The van der Waals surface area contributed by atoms with E-state index in [1.54, 1.807) is 19.1 Å². The SMILES string of the molecule is CCOC(=O)COc1c(C(=O)OC)sc(C2=CCC(O)(OCc3ccccc3)C=C2)c1Br. The van der Waals surface area contributed by atoms with Crippen molar-refractivity contribution in [2.24, 2.45) is 0 Å². The zero-order chi connectivity index (χ0) is 23.1. The fourth-order valence-corrected chi connectivity index (χ4v) is 4.93. The molecule has 0 saturated carbocycles. The summed E-state index contributed by atoms with van der Waals surface area (Å²) in [6, 6.07) is 9.58. The number of allylic oxidation sites excluding steroid dienone is 2. The van der Waals surface area contributed by atoms with Gasteiger partial charge in [-0.15, -0.1) is 11.3 Å². The van der Waals surface area contributed by atoms with Crippen LogP contribution in [0.25, 0.3) is 5.57 Å². The molecule has 170 valence electrons. The average Bonchev–Trinajstić information content (AvgIpc) is 3.13. The average molecular weight is 523 g/mol. The minimum absolute atomic E-state index is 0.209. The minimum Gasteiger partial charge on any atom is -0.479 e. The van der Waals surface area contributed by atoms with E-state index >= 15 is 0 Å². The number of hydrogen-bond donors (Lipinski definition) is 1. The number of carbonyl (C=O) groups is 2. The Kier molecular flexibility index (Phi) is 8.25. The lowest BCUT2D eigenvalue weighted by atomic mass is 10.0. The second-order valence-corrected chi connectivity index (χ2v) is 8.62. The molecule has 0 amide bonds. The molecule has 2 aromatic rings. The molecule has 9 heteroatoms. The van der Waals surface area contributed by atoms with Crippen molar-refractivity contribution in [2.75, 3.05) is 20.3 Å². The molecule has 1 unspecified atom stereocenters. The van der Waals surface area contributed by atoms with Gasteiger partial charge in [-0.3, -0.25) is 0 Å². The van der Waals surface area contributed by atoms with Crippen LogP contribution >= 0.6 is 27.3 Å². The van der Waals surface area contributed by atoms with Gasteiger partial charge in [0.05, 0.1) is 29.7 Å². The third-order valence-electron chi connectivity index (χ3n) is 4.55. The first-order chi connectivity index (χ1) is 15.4. The fourth-order valence-electron chi connectivity index (χ4n) is 2.94. The Bertz CT molecular complexity index is 1030. The highest BCUT2D eigenvalue weighted by molar-refractivity contribution is 9.10. The molecule has 32 heavy (non-hydrogen) atoms. The predicted octanol–water partition coefficient (Wildman–Crippen LogP) is 4.49. The van der Waals surface area contributed by atoms with Gasteiger partial charge < -0.3 is 24.1 Å². The molecule has 1 aliphatic rings. The van der Waals surface area contributed by atoms with E-state index in [0.717, 1.165) is 22.5 Å². The Balaban J connectivity index is 1.76. The van der Waals surface area contributed by atoms with Crippen molar-refractivity contribution < 1.29 is 33.6 Å². The number of carbonyl (C=O) groups excluding carboxylic acids is 2. The lowest BCUT2D eigenvalue weighted by Gasteiger charge is -2.26. The highest BCUT2D eigenvalue weighted by Gasteiger charge is 2.30. The van der Waals surface area contributed by atoms with Crippen LogP contribution in [0.5, 0.6) is 5.75 Å². The van der Waals surface area contributed by atoms with Crippen molar-refractivity contribution >= 4 is 44.8 Å². The van der Waals surface area contributed by atoms with E-state index in [9.17, 15) is 14.7 Å². The van der Waals surface area contributed by atoms with Crippen LogP contribution in [0, 0.1) is 0 Å². The number of ether oxygens (including phenoxy) is 4. The fraction of sp³-hybridized carbons (Fsp3) is 0.304. The Morgan fingerprint density at radius 1 is 1.25 bits per heavy atom. The molecular formula is C23H23BrO7S. The highest BCUT2D eigenvalue weighted by Crippen LogP contribution is 2.45. The van der Waals surface area contributed by atoms with Gasteiger partial charge >= 0.3 is 11.9 Å². The summed E-state index contributed by atoms with van der Waals surface area (Å²) >= 11 is 4.63. The molecule has 0 bridgehead atoms. The van der Waals surface area contributed by atoms with E-state index in [4.69, 9.17) is 18.9 Å². The van der Waals surface area contributed by atoms with Crippen molar-refractivity contribution in [3.8, 4) is 5.75 Å². The molecular weight excluding hydrogens is 500 g/mol. The first-order valence-corrected chi connectivity index (χ1v) is 11.5. The third-order valence-corrected chi connectivity index (χ3v) is 6.77. The van der Waals surface area contributed by atoms with Gasteiger partial charge in [0.1, 0.15) is 0 Å². The van der Waals surface area contributed by atoms with Crippen LogP contribution in [0.2, 0.25) is 0 Å². The van der Waals surface area contributed by atoms with Gasteiger partial charge in [-0.2, -0.15) is 0 Å². The lowest BCUT2D eigenvalue weighted by molar-refractivity contribution is -0.172. The normalized spacial score (nSPS) is 17.6. The van der Waals surface area contributed by atoms with Crippen LogP contribution in [0.15, 0.2) is 53.0 Å². The summed E-state index contributed by atoms with van der Waals surface area (Å²) in [6.07, 6.45) is 5.34. The zero-order valence-corrected chi connectivity index (χ0v) is 20.0. The second-order valence-electron chi connectivity index (χ2n) is 6.80. The first-order valence-electron chi connectivity index (χ1n) is 9.86. The standard InChI is InChI=1S/C23H23BrO7S/c1-3-29-17(25)14-30-19-18(24)20(32-21(19)22(26)28-2)16-9-11-23(27,12-10-16)31-13-15-7-5-4-6-8-15/h4-11,27H,3,12-14H2,1-2H3. The van der Waals surface area contributed by atoms with Crippen LogP contribution in [0.3, 0.4) is 0 Å². The summed E-state index contributed by atoms with van der Waals surface area (Å²) in [7, 11) is 1.27. The molecule has 1 aliphatic carbocycles. The van der Waals surface area contributed by atoms with E-state index in [2.05, 4.69) is 15.9 Å². The summed E-state index contributed by atoms with van der Waals surface area (Å²) < 4.78 is 21.5. The second kappa shape index (κ2) is 10.9. The summed E-state index contributed by atoms with van der Waals surface area (Å²) in [6.45, 7) is 1.86. The molecule has 0 spiro atoms. The number of halogens is 1. The highest BCUT2D eigenvalue weighted by atomic mass is 79.9. The van der Waals surface area contributed by atoms with E-state index in [-0.39, 0.29) is 36.9 Å². The molecule has 1 heterocycles. The van der Waals surface area contributed by atoms with Crippen LogP contribution in [-0.4, -0.2) is 43.2 Å². The maximum atomic E-state index is 12.2. The van der Waals surface area contributed by atoms with Crippen molar-refractivity contribution in [1.29, 1.82) is 0 Å². The molecule has 1 aromatic heterocycles. The molecule has 1 N–H and O–H groups in total. The van der Waals surface area contributed by atoms with Crippen molar-refractivity contribution in [2.45, 2.75) is 25.7 Å². The maximum Gasteiger partial charge on any atom is 0.351 e. The molecule has 0 radical (unpaired) electrons. The smallest absolute Gasteiger partial charge is 0.351 e. The van der Waals surface area contributed by atoms with Gasteiger partial charge in [0.15, 0.2) is 23.0 Å². The predicted molar refractivity (Wildman–Crippen MR) is 123 cm³/mol. The molecule has 3 rings (SSSR count). The number of methoxy groups -OCH3 is 1. The minimum atomic E-state index is -1.43. The Morgan fingerprint density at radius 2 is 2.00 bits per heavy atom. The topological polar surface area (TPSA) is 91.3 Å². The van der Waals surface area contributed by atoms with Gasteiger partial charge in [0, 0.05) is 6.42 Å². The van der Waals surface area contributed by atoms with Crippen LogP contribution in [0.1, 0.15) is 33.5 Å². The summed E-state index contributed by atoms with van der Waals surface area (Å²) in [5.74, 6) is -2.35. The van der Waals surface area contributed by atoms with Gasteiger partial charge in [-0.25, -0.2) is 9.59 Å². The molecule has 1 atom stereocenters.